The van der Waals surface area contributed by atoms with E-state index in [1.54, 1.807) is 0 Å². The van der Waals surface area contributed by atoms with Gasteiger partial charge in [-0.2, -0.15) is 0 Å². The molecular weight excluding hydrogens is 248 g/mol. The lowest BCUT2D eigenvalue weighted by Crippen LogP contribution is -2.43. The first-order valence-corrected chi connectivity index (χ1v) is 7.59. The van der Waals surface area contributed by atoms with Gasteiger partial charge in [-0.25, -0.2) is 0 Å². The van der Waals surface area contributed by atoms with Crippen molar-refractivity contribution in [2.24, 2.45) is 17.1 Å². The Morgan fingerprint density at radius 3 is 2.70 bits per heavy atom. The molecule has 0 saturated heterocycles. The zero-order chi connectivity index (χ0) is 14.6. The molecule has 1 aromatic rings. The van der Waals surface area contributed by atoms with Crippen LogP contribution in [0.2, 0.25) is 0 Å². The van der Waals surface area contributed by atoms with E-state index in [1.807, 2.05) is 30.3 Å². The molecule has 1 saturated carbocycles. The lowest BCUT2D eigenvalue weighted by molar-refractivity contribution is -0.130. The average molecular weight is 274 g/mol. The van der Waals surface area contributed by atoms with E-state index in [0.717, 1.165) is 24.8 Å². The van der Waals surface area contributed by atoms with Crippen molar-refractivity contribution in [3.63, 3.8) is 0 Å². The summed E-state index contributed by atoms with van der Waals surface area (Å²) in [6.45, 7) is 4.91. The molecule has 0 radical (unpaired) electrons. The van der Waals surface area contributed by atoms with Crippen LogP contribution in [0.3, 0.4) is 0 Å². The van der Waals surface area contributed by atoms with Crippen molar-refractivity contribution in [1.29, 1.82) is 0 Å². The van der Waals surface area contributed by atoms with Crippen LogP contribution in [0.5, 0.6) is 0 Å². The highest BCUT2D eigenvalue weighted by molar-refractivity contribution is 5.79. The van der Waals surface area contributed by atoms with Gasteiger partial charge in [0.2, 0.25) is 5.91 Å². The molecule has 3 N–H and O–H groups in total. The topological polar surface area (TPSA) is 55.1 Å². The summed E-state index contributed by atoms with van der Waals surface area (Å²) in [7, 11) is 0. The highest BCUT2D eigenvalue weighted by Crippen LogP contribution is 2.40. The van der Waals surface area contributed by atoms with Crippen molar-refractivity contribution in [3.8, 4) is 0 Å². The molecule has 3 heteroatoms. The number of carbonyl (C=O) groups excluding carboxylic acids is 1. The third-order valence-electron chi connectivity index (χ3n) is 4.55. The average Bonchev–Trinajstić information content (AvgIpc) is 2.45. The van der Waals surface area contributed by atoms with Crippen LogP contribution in [0.15, 0.2) is 30.3 Å². The van der Waals surface area contributed by atoms with Crippen molar-refractivity contribution >= 4 is 5.91 Å². The lowest BCUT2D eigenvalue weighted by Gasteiger charge is -2.37. The second-order valence-electron chi connectivity index (χ2n) is 6.55. The minimum atomic E-state index is -0.133. The van der Waals surface area contributed by atoms with Gasteiger partial charge < -0.3 is 11.1 Å². The predicted molar refractivity (Wildman–Crippen MR) is 82.1 cm³/mol. The molecule has 1 aliphatic carbocycles. The van der Waals surface area contributed by atoms with Crippen LogP contribution in [0, 0.1) is 11.3 Å². The van der Waals surface area contributed by atoms with E-state index in [4.69, 9.17) is 5.73 Å². The molecule has 2 unspecified atom stereocenters. The Labute approximate surface area is 121 Å². The standard InChI is InChI=1S/C17H26N2O/c1-17(2)11-7-6-10-14(17)16(20)19-12-15(18)13-8-4-3-5-9-13/h3-5,8-9,14-15H,6-7,10-12,18H2,1-2H3,(H,19,20). The Bertz CT molecular complexity index is 442. The number of hydrogen-bond donors (Lipinski definition) is 2. The van der Waals surface area contributed by atoms with E-state index in [0.29, 0.717) is 6.54 Å². The van der Waals surface area contributed by atoms with Gasteiger partial charge in [0.25, 0.3) is 0 Å². The third-order valence-corrected chi connectivity index (χ3v) is 4.55. The molecular formula is C17H26N2O. The minimum Gasteiger partial charge on any atom is -0.354 e. The first kappa shape index (κ1) is 15.0. The fourth-order valence-electron chi connectivity index (χ4n) is 3.13. The third kappa shape index (κ3) is 3.60. The summed E-state index contributed by atoms with van der Waals surface area (Å²) in [5.74, 6) is 0.292. The summed E-state index contributed by atoms with van der Waals surface area (Å²) in [5.41, 5.74) is 7.30. The van der Waals surface area contributed by atoms with Crippen LogP contribution >= 0.6 is 0 Å². The summed E-state index contributed by atoms with van der Waals surface area (Å²) in [4.78, 5) is 12.4. The fourth-order valence-corrected chi connectivity index (χ4v) is 3.13. The van der Waals surface area contributed by atoms with E-state index in [1.165, 1.54) is 6.42 Å². The Morgan fingerprint density at radius 2 is 2.05 bits per heavy atom. The first-order valence-electron chi connectivity index (χ1n) is 7.59. The monoisotopic (exact) mass is 274 g/mol. The molecule has 0 aliphatic heterocycles. The van der Waals surface area contributed by atoms with Crippen LogP contribution in [-0.2, 0) is 4.79 Å². The van der Waals surface area contributed by atoms with Crippen LogP contribution in [-0.4, -0.2) is 12.5 Å². The van der Waals surface area contributed by atoms with Crippen LogP contribution in [0.4, 0.5) is 0 Å². The lowest BCUT2D eigenvalue weighted by atomic mass is 9.68. The van der Waals surface area contributed by atoms with Gasteiger partial charge in [-0.1, -0.05) is 57.0 Å². The van der Waals surface area contributed by atoms with Gasteiger partial charge in [-0.3, -0.25) is 4.79 Å². The van der Waals surface area contributed by atoms with Gasteiger partial charge in [0, 0.05) is 18.5 Å². The Kier molecular flexibility index (Phi) is 4.81. The van der Waals surface area contributed by atoms with Crippen molar-refractivity contribution in [3.05, 3.63) is 35.9 Å². The zero-order valence-corrected chi connectivity index (χ0v) is 12.6. The van der Waals surface area contributed by atoms with E-state index in [9.17, 15) is 4.79 Å². The number of nitrogens with one attached hydrogen (secondary N) is 1. The number of carbonyl (C=O) groups is 1. The molecule has 3 nitrogen and oxygen atoms in total. The molecule has 2 atom stereocenters. The van der Waals surface area contributed by atoms with Crippen molar-refractivity contribution in [2.45, 2.75) is 45.6 Å². The quantitative estimate of drug-likeness (QED) is 0.886. The second-order valence-corrected chi connectivity index (χ2v) is 6.55. The molecule has 110 valence electrons. The maximum Gasteiger partial charge on any atom is 0.223 e. The molecule has 0 spiro atoms. The molecule has 0 heterocycles. The predicted octanol–water partition coefficient (Wildman–Crippen LogP) is 3.02. The van der Waals surface area contributed by atoms with Gasteiger partial charge in [0.15, 0.2) is 0 Å². The number of nitrogens with two attached hydrogens (primary N) is 1. The van der Waals surface area contributed by atoms with E-state index in [2.05, 4.69) is 19.2 Å². The number of hydrogen-bond acceptors (Lipinski definition) is 2. The van der Waals surface area contributed by atoms with Crippen LogP contribution in [0.1, 0.15) is 51.1 Å². The normalized spacial score (nSPS) is 23.1. The Morgan fingerprint density at radius 1 is 1.35 bits per heavy atom. The highest BCUT2D eigenvalue weighted by atomic mass is 16.1. The van der Waals surface area contributed by atoms with E-state index < -0.39 is 0 Å². The summed E-state index contributed by atoms with van der Waals surface area (Å²) in [6, 6.07) is 9.79. The Hall–Kier alpha value is -1.35. The maximum absolute atomic E-state index is 12.4. The smallest absolute Gasteiger partial charge is 0.223 e. The first-order chi connectivity index (χ1) is 9.50. The molecule has 1 amide bonds. The van der Waals surface area contributed by atoms with Crippen molar-refractivity contribution in [1.82, 2.24) is 5.32 Å². The SMILES string of the molecule is CC1(C)CCCCC1C(=O)NCC(N)c1ccccc1. The number of amides is 1. The zero-order valence-electron chi connectivity index (χ0n) is 12.6. The van der Waals surface area contributed by atoms with Crippen LogP contribution in [0.25, 0.3) is 0 Å². The van der Waals surface area contributed by atoms with E-state index in [-0.39, 0.29) is 23.3 Å². The van der Waals surface area contributed by atoms with Gasteiger partial charge in [0.05, 0.1) is 0 Å². The van der Waals surface area contributed by atoms with Gasteiger partial charge >= 0.3 is 0 Å². The van der Waals surface area contributed by atoms with Crippen LogP contribution < -0.4 is 11.1 Å². The molecule has 1 aliphatic rings. The van der Waals surface area contributed by atoms with Gasteiger partial charge in [-0.15, -0.1) is 0 Å². The largest absolute Gasteiger partial charge is 0.354 e. The molecule has 0 aromatic heterocycles. The molecule has 1 aromatic carbocycles. The second kappa shape index (κ2) is 6.40. The summed E-state index contributed by atoms with van der Waals surface area (Å²) in [5, 5.41) is 3.04. The summed E-state index contributed by atoms with van der Waals surface area (Å²) >= 11 is 0. The number of benzene rings is 1. The Balaban J connectivity index is 1.89. The van der Waals surface area contributed by atoms with Crippen molar-refractivity contribution < 1.29 is 4.79 Å². The molecule has 2 rings (SSSR count). The van der Waals surface area contributed by atoms with Crippen molar-refractivity contribution in [2.75, 3.05) is 6.54 Å². The maximum atomic E-state index is 12.4. The summed E-state index contributed by atoms with van der Waals surface area (Å²) < 4.78 is 0. The number of rotatable bonds is 4. The summed E-state index contributed by atoms with van der Waals surface area (Å²) in [6.07, 6.45) is 4.53. The minimum absolute atomic E-state index is 0.110. The van der Waals surface area contributed by atoms with Gasteiger partial charge in [-0.05, 0) is 23.8 Å². The highest BCUT2D eigenvalue weighted by Gasteiger charge is 2.36. The van der Waals surface area contributed by atoms with Gasteiger partial charge in [0.1, 0.15) is 0 Å². The van der Waals surface area contributed by atoms with E-state index >= 15 is 0 Å². The molecule has 0 bridgehead atoms. The molecule has 1 fully saturated rings. The molecule has 20 heavy (non-hydrogen) atoms. The fraction of sp³-hybridized carbons (Fsp3) is 0.588.